The van der Waals surface area contributed by atoms with Crippen molar-refractivity contribution in [2.24, 2.45) is 5.92 Å². The zero-order valence-corrected chi connectivity index (χ0v) is 11.8. The van der Waals surface area contributed by atoms with Crippen molar-refractivity contribution in [1.29, 1.82) is 0 Å². The van der Waals surface area contributed by atoms with Gasteiger partial charge in [-0.15, -0.1) is 0 Å². The van der Waals surface area contributed by atoms with Crippen LogP contribution in [0.15, 0.2) is 6.07 Å². The number of nitro groups is 1. The second kappa shape index (κ2) is 5.01. The van der Waals surface area contributed by atoms with E-state index in [0.29, 0.717) is 37.1 Å². The van der Waals surface area contributed by atoms with Crippen molar-refractivity contribution in [3.63, 3.8) is 0 Å². The Morgan fingerprint density at radius 1 is 1.45 bits per heavy atom. The maximum absolute atomic E-state index is 11.4. The van der Waals surface area contributed by atoms with Crippen LogP contribution in [0.2, 0.25) is 0 Å². The van der Waals surface area contributed by atoms with Gasteiger partial charge in [-0.25, -0.2) is 4.98 Å². The fraction of sp³-hybridized carbons (Fsp3) is 0.643. The molecule has 1 atom stereocenters. The molecule has 1 aromatic rings. The third-order valence-corrected chi connectivity index (χ3v) is 4.08. The van der Waals surface area contributed by atoms with Crippen LogP contribution in [-0.4, -0.2) is 35.7 Å². The molecule has 1 saturated heterocycles. The molecule has 0 spiro atoms. The molecule has 2 aliphatic rings. The van der Waals surface area contributed by atoms with Gasteiger partial charge >= 0.3 is 5.69 Å². The molecule has 2 heterocycles. The maximum atomic E-state index is 11.4. The molecule has 20 heavy (non-hydrogen) atoms. The minimum absolute atomic E-state index is 0.142. The van der Waals surface area contributed by atoms with Gasteiger partial charge in [0.1, 0.15) is 0 Å². The third kappa shape index (κ3) is 2.35. The zero-order chi connectivity index (χ0) is 14.3. The molecule has 0 N–H and O–H groups in total. The van der Waals surface area contributed by atoms with Crippen molar-refractivity contribution >= 4 is 11.5 Å². The summed E-state index contributed by atoms with van der Waals surface area (Å²) >= 11 is 0. The molecule has 0 aromatic carbocycles. The highest BCUT2D eigenvalue weighted by atomic mass is 16.6. The monoisotopic (exact) mass is 277 g/mol. The van der Waals surface area contributed by atoms with E-state index in [4.69, 9.17) is 4.74 Å². The van der Waals surface area contributed by atoms with Crippen LogP contribution in [0.1, 0.15) is 24.1 Å². The van der Waals surface area contributed by atoms with Crippen LogP contribution in [0.5, 0.6) is 0 Å². The van der Waals surface area contributed by atoms with Gasteiger partial charge in [0.2, 0.25) is 5.82 Å². The van der Waals surface area contributed by atoms with Gasteiger partial charge in [0.05, 0.1) is 24.2 Å². The highest BCUT2D eigenvalue weighted by molar-refractivity contribution is 5.63. The Morgan fingerprint density at radius 3 is 2.85 bits per heavy atom. The van der Waals surface area contributed by atoms with Gasteiger partial charge in [-0.1, -0.05) is 0 Å². The van der Waals surface area contributed by atoms with Crippen LogP contribution in [-0.2, 0) is 4.74 Å². The van der Waals surface area contributed by atoms with E-state index in [2.05, 4.69) is 9.88 Å². The van der Waals surface area contributed by atoms with Crippen LogP contribution >= 0.6 is 0 Å². The third-order valence-electron chi connectivity index (χ3n) is 4.08. The number of morpholine rings is 1. The molecule has 3 rings (SSSR count). The first kappa shape index (κ1) is 13.3. The lowest BCUT2D eigenvalue weighted by Crippen LogP contribution is -2.47. The smallest absolute Gasteiger partial charge is 0.314 e. The van der Waals surface area contributed by atoms with E-state index in [-0.39, 0.29) is 16.7 Å². The molecule has 6 nitrogen and oxygen atoms in total. The van der Waals surface area contributed by atoms with Crippen molar-refractivity contribution in [3.05, 3.63) is 27.4 Å². The van der Waals surface area contributed by atoms with Crippen LogP contribution in [0.4, 0.5) is 11.5 Å². The number of aromatic nitrogens is 1. The van der Waals surface area contributed by atoms with Gasteiger partial charge in [0, 0.05) is 17.8 Å². The van der Waals surface area contributed by atoms with E-state index < -0.39 is 0 Å². The van der Waals surface area contributed by atoms with Crippen LogP contribution in [0.25, 0.3) is 0 Å². The van der Waals surface area contributed by atoms with Gasteiger partial charge in [-0.3, -0.25) is 10.1 Å². The minimum Gasteiger partial charge on any atom is -0.377 e. The molecule has 108 valence electrons. The Balaban J connectivity index is 2.04. The number of hydrogen-bond donors (Lipinski definition) is 0. The molecular formula is C14H19N3O3. The lowest BCUT2D eigenvalue weighted by Gasteiger charge is -2.36. The first-order valence-corrected chi connectivity index (χ1v) is 7.05. The van der Waals surface area contributed by atoms with Crippen LogP contribution in [0.3, 0.4) is 0 Å². The molecule has 0 radical (unpaired) electrons. The van der Waals surface area contributed by atoms with Crippen molar-refractivity contribution in [3.8, 4) is 0 Å². The average molecular weight is 277 g/mol. The molecular weight excluding hydrogens is 258 g/mol. The summed E-state index contributed by atoms with van der Waals surface area (Å²) in [6.07, 6.45) is 2.37. The zero-order valence-electron chi connectivity index (χ0n) is 11.8. The summed E-state index contributed by atoms with van der Waals surface area (Å²) in [7, 11) is 0. The summed E-state index contributed by atoms with van der Waals surface area (Å²) in [4.78, 5) is 17.7. The number of hydrogen-bond acceptors (Lipinski definition) is 5. The molecule has 1 aliphatic carbocycles. The Kier molecular flexibility index (Phi) is 3.33. The molecule has 1 saturated carbocycles. The Morgan fingerprint density at radius 2 is 2.20 bits per heavy atom. The van der Waals surface area contributed by atoms with Gasteiger partial charge in [-0.05, 0) is 38.7 Å². The topological polar surface area (TPSA) is 68.5 Å². The molecule has 6 heteroatoms. The average Bonchev–Trinajstić information content (AvgIpc) is 3.21. The molecule has 1 unspecified atom stereocenters. The van der Waals surface area contributed by atoms with Gasteiger partial charge in [0.15, 0.2) is 0 Å². The Hall–Kier alpha value is -1.69. The highest BCUT2D eigenvalue weighted by Gasteiger charge is 2.40. The van der Waals surface area contributed by atoms with Gasteiger partial charge in [-0.2, -0.15) is 0 Å². The molecule has 1 aliphatic heterocycles. The molecule has 0 amide bonds. The van der Waals surface area contributed by atoms with E-state index in [0.717, 1.165) is 5.69 Å². The van der Waals surface area contributed by atoms with E-state index in [1.807, 2.05) is 6.92 Å². The minimum atomic E-state index is -0.309. The SMILES string of the molecule is Cc1cc(C)c([N+](=O)[O-])c(N2CCOCC2C2CC2)n1. The Bertz CT molecular complexity index is 543. The van der Waals surface area contributed by atoms with Crippen molar-refractivity contribution in [1.82, 2.24) is 4.98 Å². The van der Waals surface area contributed by atoms with Gasteiger partial charge < -0.3 is 9.64 Å². The van der Waals surface area contributed by atoms with Crippen LogP contribution < -0.4 is 4.90 Å². The van der Waals surface area contributed by atoms with Crippen LogP contribution in [0, 0.1) is 29.9 Å². The lowest BCUT2D eigenvalue weighted by atomic mass is 10.1. The molecule has 2 fully saturated rings. The number of rotatable bonds is 3. The lowest BCUT2D eigenvalue weighted by molar-refractivity contribution is -0.385. The van der Waals surface area contributed by atoms with E-state index in [9.17, 15) is 10.1 Å². The van der Waals surface area contributed by atoms with E-state index >= 15 is 0 Å². The fourth-order valence-corrected chi connectivity index (χ4v) is 2.99. The summed E-state index contributed by atoms with van der Waals surface area (Å²) in [5.74, 6) is 1.12. The number of ether oxygens (including phenoxy) is 1. The largest absolute Gasteiger partial charge is 0.377 e. The Labute approximate surface area is 117 Å². The predicted molar refractivity (Wildman–Crippen MR) is 75.0 cm³/mol. The molecule has 1 aromatic heterocycles. The quantitative estimate of drug-likeness (QED) is 0.626. The predicted octanol–water partition coefficient (Wildman–Crippen LogP) is 2.22. The van der Waals surface area contributed by atoms with Crippen molar-refractivity contribution < 1.29 is 9.66 Å². The second-order valence-electron chi connectivity index (χ2n) is 5.68. The first-order chi connectivity index (χ1) is 9.58. The van der Waals surface area contributed by atoms with E-state index in [1.165, 1.54) is 12.8 Å². The second-order valence-corrected chi connectivity index (χ2v) is 5.68. The normalized spacial score (nSPS) is 22.9. The number of aryl methyl sites for hydroxylation is 2. The summed E-state index contributed by atoms with van der Waals surface area (Å²) in [5, 5.41) is 11.4. The van der Waals surface area contributed by atoms with Crippen molar-refractivity contribution in [2.75, 3.05) is 24.7 Å². The standard InChI is InChI=1S/C14H19N3O3/c1-9-7-10(2)15-14(13(9)17(18)19)16-5-6-20-8-12(16)11-3-4-11/h7,11-12H,3-6,8H2,1-2H3. The van der Waals surface area contributed by atoms with Gasteiger partial charge in [0.25, 0.3) is 0 Å². The summed E-state index contributed by atoms with van der Waals surface area (Å²) in [6, 6.07) is 2.00. The number of pyridine rings is 1. The summed E-state index contributed by atoms with van der Waals surface area (Å²) in [5.41, 5.74) is 1.64. The number of nitrogens with zero attached hydrogens (tertiary/aromatic N) is 3. The summed E-state index contributed by atoms with van der Waals surface area (Å²) < 4.78 is 5.56. The highest BCUT2D eigenvalue weighted by Crippen LogP contribution is 2.40. The van der Waals surface area contributed by atoms with E-state index in [1.54, 1.807) is 13.0 Å². The fourth-order valence-electron chi connectivity index (χ4n) is 2.99. The van der Waals surface area contributed by atoms with Crippen molar-refractivity contribution in [2.45, 2.75) is 32.7 Å². The summed E-state index contributed by atoms with van der Waals surface area (Å²) in [6.45, 7) is 5.60. The number of anilines is 1. The molecule has 0 bridgehead atoms. The maximum Gasteiger partial charge on any atom is 0.314 e. The first-order valence-electron chi connectivity index (χ1n) is 7.05.